The van der Waals surface area contributed by atoms with Crippen LogP contribution in [-0.2, 0) is 9.53 Å². The van der Waals surface area contributed by atoms with Crippen LogP contribution in [0.4, 0.5) is 0 Å². The lowest BCUT2D eigenvalue weighted by Crippen LogP contribution is -2.49. The first kappa shape index (κ1) is 14.2. The van der Waals surface area contributed by atoms with Gasteiger partial charge in [0.25, 0.3) is 5.91 Å². The van der Waals surface area contributed by atoms with Crippen LogP contribution < -0.4 is 5.32 Å². The van der Waals surface area contributed by atoms with Crippen molar-refractivity contribution in [1.29, 1.82) is 0 Å². The second-order valence-corrected chi connectivity index (χ2v) is 5.16. The van der Waals surface area contributed by atoms with Gasteiger partial charge in [-0.15, -0.1) is 0 Å². The Morgan fingerprint density at radius 3 is 2.17 bits per heavy atom. The van der Waals surface area contributed by atoms with Crippen molar-refractivity contribution in [3.63, 3.8) is 0 Å². The number of benzene rings is 1. The Bertz CT molecular complexity index is 420. The first-order valence-corrected chi connectivity index (χ1v) is 5.80. The topological polar surface area (TPSA) is 55.4 Å². The van der Waals surface area contributed by atoms with Crippen LogP contribution in [0.2, 0.25) is 0 Å². The highest BCUT2D eigenvalue weighted by atomic mass is 16.5. The molecule has 0 saturated heterocycles. The molecule has 1 rings (SSSR count). The van der Waals surface area contributed by atoms with Gasteiger partial charge in [-0.2, -0.15) is 0 Å². The number of carbonyl (C=O) groups excluding carboxylic acids is 2. The van der Waals surface area contributed by atoms with Gasteiger partial charge in [0, 0.05) is 5.56 Å². The number of hydrogen-bond donors (Lipinski definition) is 1. The fraction of sp³-hybridized carbons (Fsp3) is 0.429. The van der Waals surface area contributed by atoms with Crippen molar-refractivity contribution >= 4 is 11.9 Å². The molecule has 0 fully saturated rings. The van der Waals surface area contributed by atoms with E-state index in [9.17, 15) is 9.59 Å². The van der Waals surface area contributed by atoms with E-state index in [1.165, 1.54) is 7.11 Å². The predicted molar refractivity (Wildman–Crippen MR) is 69.2 cm³/mol. The van der Waals surface area contributed by atoms with Crippen LogP contribution in [0.3, 0.4) is 0 Å². The van der Waals surface area contributed by atoms with Crippen molar-refractivity contribution in [3.05, 3.63) is 35.9 Å². The average Bonchev–Trinajstić information content (AvgIpc) is 2.34. The number of amides is 1. The van der Waals surface area contributed by atoms with Crippen molar-refractivity contribution in [3.8, 4) is 0 Å². The Labute approximate surface area is 107 Å². The summed E-state index contributed by atoms with van der Waals surface area (Å²) in [5.74, 6) is -0.715. The van der Waals surface area contributed by atoms with E-state index in [1.807, 2.05) is 26.8 Å². The molecule has 4 heteroatoms. The summed E-state index contributed by atoms with van der Waals surface area (Å²) in [5.41, 5.74) is 0.119. The third kappa shape index (κ3) is 3.58. The van der Waals surface area contributed by atoms with Crippen LogP contribution in [0.5, 0.6) is 0 Å². The molecule has 0 radical (unpaired) electrons. The highest BCUT2D eigenvalue weighted by Crippen LogP contribution is 2.20. The van der Waals surface area contributed by atoms with Crippen LogP contribution >= 0.6 is 0 Å². The molecule has 0 spiro atoms. The maximum atomic E-state index is 12.0. The molecule has 98 valence electrons. The molecule has 1 amide bonds. The zero-order valence-corrected chi connectivity index (χ0v) is 11.2. The molecule has 1 N–H and O–H groups in total. The molecule has 1 aromatic rings. The van der Waals surface area contributed by atoms with E-state index in [-0.39, 0.29) is 5.91 Å². The van der Waals surface area contributed by atoms with Gasteiger partial charge in [-0.25, -0.2) is 4.79 Å². The van der Waals surface area contributed by atoms with Gasteiger partial charge in [-0.1, -0.05) is 39.0 Å². The van der Waals surface area contributed by atoms with Crippen molar-refractivity contribution < 1.29 is 14.3 Å². The first-order valence-electron chi connectivity index (χ1n) is 5.80. The zero-order valence-electron chi connectivity index (χ0n) is 11.2. The Hall–Kier alpha value is -1.84. The van der Waals surface area contributed by atoms with Crippen LogP contribution in [0.25, 0.3) is 0 Å². The molecule has 0 aromatic heterocycles. The lowest BCUT2D eigenvalue weighted by atomic mass is 9.86. The second-order valence-electron chi connectivity index (χ2n) is 5.16. The van der Waals surface area contributed by atoms with Crippen LogP contribution in [0.15, 0.2) is 30.3 Å². The second kappa shape index (κ2) is 5.67. The Kier molecular flexibility index (Phi) is 4.48. The molecule has 1 atom stereocenters. The molecular weight excluding hydrogens is 230 g/mol. The van der Waals surface area contributed by atoms with Gasteiger partial charge in [-0.05, 0) is 17.5 Å². The Morgan fingerprint density at radius 1 is 1.17 bits per heavy atom. The van der Waals surface area contributed by atoms with E-state index in [0.29, 0.717) is 5.56 Å². The van der Waals surface area contributed by atoms with E-state index >= 15 is 0 Å². The van der Waals surface area contributed by atoms with Crippen molar-refractivity contribution in [2.45, 2.75) is 26.8 Å². The molecule has 0 bridgehead atoms. The molecule has 0 aliphatic carbocycles. The average molecular weight is 249 g/mol. The molecule has 18 heavy (non-hydrogen) atoms. The quantitative estimate of drug-likeness (QED) is 0.834. The first-order chi connectivity index (χ1) is 8.36. The van der Waals surface area contributed by atoms with Gasteiger partial charge in [0.1, 0.15) is 6.04 Å². The Morgan fingerprint density at radius 2 is 1.72 bits per heavy atom. The summed E-state index contributed by atoms with van der Waals surface area (Å²) in [4.78, 5) is 23.7. The molecule has 0 unspecified atom stereocenters. The summed E-state index contributed by atoms with van der Waals surface area (Å²) in [7, 11) is 1.32. The van der Waals surface area contributed by atoms with E-state index < -0.39 is 17.4 Å². The van der Waals surface area contributed by atoms with Gasteiger partial charge in [0.2, 0.25) is 0 Å². The van der Waals surface area contributed by atoms with Crippen molar-refractivity contribution in [2.24, 2.45) is 5.41 Å². The summed E-state index contributed by atoms with van der Waals surface area (Å²) in [6, 6.07) is 8.12. The fourth-order valence-electron chi connectivity index (χ4n) is 1.55. The summed E-state index contributed by atoms with van der Waals surface area (Å²) < 4.78 is 4.72. The van der Waals surface area contributed by atoms with Crippen LogP contribution in [0.1, 0.15) is 31.1 Å². The van der Waals surface area contributed by atoms with Crippen molar-refractivity contribution in [2.75, 3.05) is 7.11 Å². The lowest BCUT2D eigenvalue weighted by molar-refractivity contribution is -0.145. The molecular formula is C14H19NO3. The fourth-order valence-corrected chi connectivity index (χ4v) is 1.55. The zero-order chi connectivity index (χ0) is 13.8. The van der Waals surface area contributed by atoms with E-state index in [0.717, 1.165) is 0 Å². The molecule has 0 aliphatic heterocycles. The predicted octanol–water partition coefficient (Wildman–Crippen LogP) is 2.00. The number of carbonyl (C=O) groups is 2. The number of hydrogen-bond acceptors (Lipinski definition) is 3. The highest BCUT2D eigenvalue weighted by molar-refractivity contribution is 5.96. The van der Waals surface area contributed by atoms with Gasteiger partial charge in [0.15, 0.2) is 0 Å². The van der Waals surface area contributed by atoms with Gasteiger partial charge in [-0.3, -0.25) is 4.79 Å². The molecule has 0 saturated carbocycles. The van der Waals surface area contributed by atoms with E-state index in [4.69, 9.17) is 4.74 Å². The SMILES string of the molecule is COC(=O)[C@H](NC(=O)c1ccccc1)C(C)(C)C. The number of rotatable bonds is 3. The molecule has 0 heterocycles. The number of methoxy groups -OCH3 is 1. The summed E-state index contributed by atoms with van der Waals surface area (Å²) in [5, 5.41) is 2.71. The van der Waals surface area contributed by atoms with Crippen LogP contribution in [-0.4, -0.2) is 25.0 Å². The summed E-state index contributed by atoms with van der Waals surface area (Å²) in [6.07, 6.45) is 0. The number of nitrogens with one attached hydrogen (secondary N) is 1. The van der Waals surface area contributed by atoms with Crippen molar-refractivity contribution in [1.82, 2.24) is 5.32 Å². The largest absolute Gasteiger partial charge is 0.467 e. The minimum Gasteiger partial charge on any atom is -0.467 e. The lowest BCUT2D eigenvalue weighted by Gasteiger charge is -2.29. The third-order valence-electron chi connectivity index (χ3n) is 2.61. The summed E-state index contributed by atoms with van der Waals surface area (Å²) >= 11 is 0. The number of esters is 1. The minimum atomic E-state index is -0.671. The normalized spacial score (nSPS) is 12.7. The highest BCUT2D eigenvalue weighted by Gasteiger charge is 2.33. The van der Waals surface area contributed by atoms with E-state index in [1.54, 1.807) is 24.3 Å². The van der Waals surface area contributed by atoms with Gasteiger partial charge >= 0.3 is 5.97 Å². The molecule has 0 aliphatic rings. The Balaban J connectivity index is 2.86. The van der Waals surface area contributed by atoms with E-state index in [2.05, 4.69) is 5.32 Å². The van der Waals surface area contributed by atoms with Crippen LogP contribution in [0, 0.1) is 5.41 Å². The third-order valence-corrected chi connectivity index (χ3v) is 2.61. The minimum absolute atomic E-state index is 0.277. The van der Waals surface area contributed by atoms with Gasteiger partial charge < -0.3 is 10.1 Å². The maximum absolute atomic E-state index is 12.0. The standard InChI is InChI=1S/C14H19NO3/c1-14(2,3)11(13(17)18-4)15-12(16)10-8-6-5-7-9-10/h5-9,11H,1-4H3,(H,15,16)/t11-/m0/s1. The summed E-state index contributed by atoms with van der Waals surface area (Å²) in [6.45, 7) is 5.62. The van der Waals surface area contributed by atoms with Gasteiger partial charge in [0.05, 0.1) is 7.11 Å². The maximum Gasteiger partial charge on any atom is 0.328 e. The monoisotopic (exact) mass is 249 g/mol. The molecule has 1 aromatic carbocycles. The smallest absolute Gasteiger partial charge is 0.328 e. The molecule has 4 nitrogen and oxygen atoms in total. The number of ether oxygens (including phenoxy) is 1.